The number of hydrogen-bond acceptors (Lipinski definition) is 10. The number of aromatic amines is 1. The largest absolute Gasteiger partial charge is 0.481 e. The lowest BCUT2D eigenvalue weighted by Crippen LogP contribution is -2.54. The number of benzene rings is 1. The van der Waals surface area contributed by atoms with Crippen molar-refractivity contribution in [1.29, 1.82) is 0 Å². The number of nitrogens with one attached hydrogen (secondary N) is 1. The van der Waals surface area contributed by atoms with Crippen LogP contribution in [0.2, 0.25) is 0 Å². The zero-order chi connectivity index (χ0) is 48.8. The smallest absolute Gasteiger partial charge is 0.303 e. The summed E-state index contributed by atoms with van der Waals surface area (Å²) in [5.74, 6) is -3.77. The van der Waals surface area contributed by atoms with Gasteiger partial charge in [0.15, 0.2) is 5.78 Å². The van der Waals surface area contributed by atoms with Crippen LogP contribution in [0.15, 0.2) is 30.5 Å². The van der Waals surface area contributed by atoms with Crippen LogP contribution in [0.1, 0.15) is 118 Å². The van der Waals surface area contributed by atoms with Gasteiger partial charge in [-0.15, -0.1) is 0 Å². The molecule has 2 saturated heterocycles. The summed E-state index contributed by atoms with van der Waals surface area (Å²) >= 11 is 0. The predicted octanol–water partition coefficient (Wildman–Crippen LogP) is 6.81. The average Bonchev–Trinajstić information content (AvgIpc) is 3.95. The number of rotatable bonds is 27. The SMILES string of the molecule is CC[C@H](C)[C@@H]([C@@H](CC(=O)N1CCC[C@H]1[C@H](OC)[C@@H](C)C(=O)C[C@@H](Cc1c[nH]c2ccccc12)C(=O)N1CCCCO1)OC)N(C)C(=O)[C@@H](CC(=O)[C@H](C(C)C)N(C)CCCC(=O)O)C(C)C. The first-order chi connectivity index (χ1) is 31.4. The number of methoxy groups -OCH3 is 2. The number of fused-ring (bicyclic) bond motifs is 1. The highest BCUT2D eigenvalue weighted by Gasteiger charge is 2.44. The zero-order valence-corrected chi connectivity index (χ0v) is 41.8. The van der Waals surface area contributed by atoms with Gasteiger partial charge in [0.1, 0.15) is 5.78 Å². The van der Waals surface area contributed by atoms with Crippen LogP contribution in [-0.2, 0) is 49.5 Å². The van der Waals surface area contributed by atoms with E-state index in [1.807, 2.05) is 95.8 Å². The number of hydroxylamine groups is 2. The second kappa shape index (κ2) is 25.8. The molecule has 2 aliphatic rings. The van der Waals surface area contributed by atoms with Gasteiger partial charge in [0.25, 0.3) is 0 Å². The van der Waals surface area contributed by atoms with E-state index >= 15 is 0 Å². The maximum Gasteiger partial charge on any atom is 0.303 e. The number of likely N-dealkylation sites (tertiary alicyclic amines) is 1. The number of carbonyl (C=O) groups excluding carboxylic acids is 5. The number of aromatic nitrogens is 1. The topological polar surface area (TPSA) is 179 Å². The van der Waals surface area contributed by atoms with Gasteiger partial charge in [-0.3, -0.25) is 38.5 Å². The van der Waals surface area contributed by atoms with Crippen molar-refractivity contribution in [1.82, 2.24) is 24.7 Å². The molecule has 4 rings (SSSR count). The van der Waals surface area contributed by atoms with Crippen molar-refractivity contribution >= 4 is 46.2 Å². The Morgan fingerprint density at radius 1 is 0.894 bits per heavy atom. The number of likely N-dealkylation sites (N-methyl/N-ethyl adjacent to an activating group) is 2. The minimum absolute atomic E-state index is 0.00272. The minimum atomic E-state index is -0.881. The quantitative estimate of drug-likeness (QED) is 0.0962. The molecule has 0 radical (unpaired) electrons. The lowest BCUT2D eigenvalue weighted by atomic mass is 9.83. The van der Waals surface area contributed by atoms with Crippen molar-refractivity contribution in [2.75, 3.05) is 54.6 Å². The number of ether oxygens (including phenoxy) is 2. The number of nitrogens with zero attached hydrogens (tertiary/aromatic N) is 4. The van der Waals surface area contributed by atoms with Crippen LogP contribution in [0, 0.1) is 35.5 Å². The Kier molecular flexibility index (Phi) is 21.3. The number of para-hydroxylation sites is 1. The van der Waals surface area contributed by atoms with E-state index in [9.17, 15) is 28.8 Å². The summed E-state index contributed by atoms with van der Waals surface area (Å²) in [6.07, 6.45) is 5.22. The third-order valence-corrected chi connectivity index (χ3v) is 14.4. The molecule has 1 aromatic heterocycles. The van der Waals surface area contributed by atoms with E-state index in [-0.39, 0.29) is 78.8 Å². The van der Waals surface area contributed by atoms with E-state index in [0.717, 1.165) is 35.7 Å². The summed E-state index contributed by atoms with van der Waals surface area (Å²) in [6.45, 7) is 15.6. The summed E-state index contributed by atoms with van der Waals surface area (Å²) in [6, 6.07) is 6.56. The van der Waals surface area contributed by atoms with Gasteiger partial charge in [0.2, 0.25) is 17.7 Å². The fourth-order valence-electron chi connectivity index (χ4n) is 10.5. The average molecular weight is 924 g/mol. The van der Waals surface area contributed by atoms with Gasteiger partial charge >= 0.3 is 5.97 Å². The standard InChI is InChI=1S/C51H81N5O10/c1-12-34(6)48(54(9)51(63)39(32(2)3)29-43(58)47(33(4)5)53(8)23-18-22-46(60)61)44(64-10)30-45(59)55-24-17-21-41(55)49(65-11)35(7)42(57)28-36(50(62)56-25-15-16-26-66-56)27-37-31-52-40-20-14-13-19-38(37)40/h13-14,19-20,31-36,39,41,44,47-49,52H,12,15-18,21-30H2,1-11H3,(H,60,61)/t34-,35-,36+,39-,41-,44+,47-,48-,49+/m0/s1. The zero-order valence-electron chi connectivity index (χ0n) is 41.8. The molecule has 0 unspecified atom stereocenters. The van der Waals surface area contributed by atoms with Crippen LogP contribution >= 0.6 is 0 Å². The molecular weight excluding hydrogens is 843 g/mol. The van der Waals surface area contributed by atoms with Gasteiger partial charge in [0, 0.05) is 82.6 Å². The Morgan fingerprint density at radius 2 is 1.61 bits per heavy atom. The molecule has 2 N–H and O–H groups in total. The maximum atomic E-state index is 14.6. The van der Waals surface area contributed by atoms with Crippen LogP contribution < -0.4 is 0 Å². The van der Waals surface area contributed by atoms with Crippen LogP contribution in [-0.4, -0.2) is 150 Å². The molecule has 2 aromatic rings. The third-order valence-electron chi connectivity index (χ3n) is 14.4. The number of Topliss-reactive ketones (excluding diaryl/α,β-unsaturated/α-hetero) is 2. The molecule has 3 heterocycles. The van der Waals surface area contributed by atoms with Gasteiger partial charge in [-0.25, -0.2) is 5.06 Å². The van der Waals surface area contributed by atoms with Gasteiger partial charge in [-0.2, -0.15) is 0 Å². The van der Waals surface area contributed by atoms with E-state index in [1.54, 1.807) is 26.2 Å². The molecule has 1 aromatic carbocycles. The number of hydrogen-bond donors (Lipinski definition) is 2. The highest BCUT2D eigenvalue weighted by Crippen LogP contribution is 2.33. The van der Waals surface area contributed by atoms with Crippen molar-refractivity contribution in [2.45, 2.75) is 149 Å². The molecule has 3 amide bonds. The van der Waals surface area contributed by atoms with E-state index in [0.29, 0.717) is 51.9 Å². The van der Waals surface area contributed by atoms with Crippen molar-refractivity contribution in [2.24, 2.45) is 35.5 Å². The third kappa shape index (κ3) is 13.9. The molecule has 0 aliphatic carbocycles. The summed E-state index contributed by atoms with van der Waals surface area (Å²) in [5.41, 5.74) is 1.91. The number of carboxylic acids is 1. The van der Waals surface area contributed by atoms with Crippen molar-refractivity contribution in [3.63, 3.8) is 0 Å². The minimum Gasteiger partial charge on any atom is -0.481 e. The van der Waals surface area contributed by atoms with E-state index in [4.69, 9.17) is 19.4 Å². The monoisotopic (exact) mass is 924 g/mol. The van der Waals surface area contributed by atoms with E-state index < -0.39 is 48.0 Å². The number of aliphatic carboxylic acids is 1. The Hall–Kier alpha value is -4.18. The maximum absolute atomic E-state index is 14.6. The first kappa shape index (κ1) is 54.4. The Bertz CT molecular complexity index is 1910. The van der Waals surface area contributed by atoms with Crippen LogP contribution in [0.3, 0.4) is 0 Å². The van der Waals surface area contributed by atoms with Crippen LogP contribution in [0.4, 0.5) is 0 Å². The summed E-state index contributed by atoms with van der Waals surface area (Å²) in [5, 5.41) is 11.6. The van der Waals surface area contributed by atoms with Crippen molar-refractivity contribution in [3.8, 4) is 0 Å². The second-order valence-corrected chi connectivity index (χ2v) is 19.7. The predicted molar refractivity (Wildman–Crippen MR) is 254 cm³/mol. The number of carbonyl (C=O) groups is 6. The Morgan fingerprint density at radius 3 is 2.21 bits per heavy atom. The first-order valence-corrected chi connectivity index (χ1v) is 24.4. The van der Waals surface area contributed by atoms with Crippen LogP contribution in [0.5, 0.6) is 0 Å². The van der Waals surface area contributed by atoms with Gasteiger partial charge in [-0.05, 0) is 81.5 Å². The molecule has 0 bridgehead atoms. The molecule has 0 spiro atoms. The summed E-state index contributed by atoms with van der Waals surface area (Å²) in [7, 11) is 6.71. The Balaban J connectivity index is 1.50. The molecule has 15 nitrogen and oxygen atoms in total. The highest BCUT2D eigenvalue weighted by molar-refractivity contribution is 5.91. The molecule has 2 aliphatic heterocycles. The second-order valence-electron chi connectivity index (χ2n) is 19.7. The number of H-pyrrole nitrogens is 1. The molecular formula is C51H81N5O10. The van der Waals surface area contributed by atoms with Crippen molar-refractivity contribution < 1.29 is 48.2 Å². The normalized spacial score (nSPS) is 19.4. The molecule has 66 heavy (non-hydrogen) atoms. The van der Waals surface area contributed by atoms with Gasteiger partial charge in [0.05, 0.1) is 49.3 Å². The fourth-order valence-corrected chi connectivity index (χ4v) is 10.5. The molecule has 9 atom stereocenters. The lowest BCUT2D eigenvalue weighted by molar-refractivity contribution is -0.201. The van der Waals surface area contributed by atoms with Gasteiger partial charge < -0.3 is 29.4 Å². The van der Waals surface area contributed by atoms with Gasteiger partial charge in [-0.1, -0.05) is 73.1 Å². The van der Waals surface area contributed by atoms with E-state index in [2.05, 4.69) is 4.98 Å². The summed E-state index contributed by atoms with van der Waals surface area (Å²) in [4.78, 5) is 97.2. The number of amides is 3. The number of carboxylic acid groups (broad SMARTS) is 1. The Labute approximate surface area is 393 Å². The number of ketones is 2. The fraction of sp³-hybridized carbons (Fsp3) is 0.725. The van der Waals surface area contributed by atoms with Crippen LogP contribution in [0.25, 0.3) is 10.9 Å². The molecule has 0 saturated carbocycles. The first-order valence-electron chi connectivity index (χ1n) is 24.4. The van der Waals surface area contributed by atoms with Crippen molar-refractivity contribution in [3.05, 3.63) is 36.0 Å². The molecule has 370 valence electrons. The lowest BCUT2D eigenvalue weighted by Gasteiger charge is -2.41. The highest BCUT2D eigenvalue weighted by atomic mass is 16.7. The molecule has 15 heteroatoms. The van der Waals surface area contributed by atoms with E-state index in [1.165, 1.54) is 5.06 Å². The molecule has 2 fully saturated rings. The summed E-state index contributed by atoms with van der Waals surface area (Å²) < 4.78 is 12.2.